The predicted molar refractivity (Wildman–Crippen MR) is 72.6 cm³/mol. The maximum atomic E-state index is 9.83. The van der Waals surface area contributed by atoms with E-state index < -0.39 is 0 Å². The first kappa shape index (κ1) is 11.8. The van der Waals surface area contributed by atoms with Crippen molar-refractivity contribution in [3.8, 4) is 23.0 Å². The van der Waals surface area contributed by atoms with Gasteiger partial charge < -0.3 is 14.8 Å². The second-order valence-corrected chi connectivity index (χ2v) is 4.36. The van der Waals surface area contributed by atoms with Gasteiger partial charge in [0, 0.05) is 6.07 Å². The van der Waals surface area contributed by atoms with E-state index in [1.54, 1.807) is 19.2 Å². The van der Waals surface area contributed by atoms with Crippen molar-refractivity contribution in [2.45, 2.75) is 0 Å². The number of halogens is 1. The van der Waals surface area contributed by atoms with Crippen molar-refractivity contribution < 1.29 is 9.84 Å². The van der Waals surface area contributed by atoms with E-state index >= 15 is 0 Å². The number of hydrogen-bond donors (Lipinski definition) is 2. The zero-order valence-electron chi connectivity index (χ0n) is 10.0. The fourth-order valence-electron chi connectivity index (χ4n) is 1.86. The van der Waals surface area contributed by atoms with Crippen molar-refractivity contribution in [3.63, 3.8) is 0 Å². The van der Waals surface area contributed by atoms with Gasteiger partial charge in [-0.15, -0.1) is 0 Å². The number of pyridine rings is 2. The minimum Gasteiger partial charge on any atom is -0.506 e. The molecule has 0 saturated heterocycles. The molecule has 0 saturated carbocycles. The Kier molecular flexibility index (Phi) is 2.76. The molecule has 0 amide bonds. The van der Waals surface area contributed by atoms with Gasteiger partial charge in [0.05, 0.1) is 23.8 Å². The molecule has 0 aliphatic heterocycles. The van der Waals surface area contributed by atoms with E-state index in [-0.39, 0.29) is 5.75 Å². The smallest absolute Gasteiger partial charge is 0.213 e. The molecule has 96 valence electrons. The highest BCUT2D eigenvalue weighted by atomic mass is 35.5. The number of hydrogen-bond acceptors (Lipinski definition) is 4. The normalized spacial score (nSPS) is 10.8. The molecule has 0 radical (unpaired) electrons. The third-order valence-electron chi connectivity index (χ3n) is 2.75. The molecule has 3 heterocycles. The van der Waals surface area contributed by atoms with Crippen molar-refractivity contribution in [1.29, 1.82) is 0 Å². The average molecular weight is 276 g/mol. The standard InChI is InChI=1S/C13H10ClN3O2/c1-19-12-5-2-7-8(16-12)6-9(15-7)13-10(18)3-4-11(14)17-13/h2-6,15,18H,1H3. The fraction of sp³-hybridized carbons (Fsp3) is 0.0769. The molecule has 0 aliphatic carbocycles. The summed E-state index contributed by atoms with van der Waals surface area (Å²) in [7, 11) is 1.56. The topological polar surface area (TPSA) is 71.0 Å². The lowest BCUT2D eigenvalue weighted by Crippen LogP contribution is -1.85. The highest BCUT2D eigenvalue weighted by Gasteiger charge is 2.11. The first-order valence-corrected chi connectivity index (χ1v) is 5.95. The second kappa shape index (κ2) is 4.44. The van der Waals surface area contributed by atoms with Crippen LogP contribution in [0.5, 0.6) is 11.6 Å². The van der Waals surface area contributed by atoms with E-state index in [1.165, 1.54) is 12.1 Å². The number of rotatable bonds is 2. The van der Waals surface area contributed by atoms with Gasteiger partial charge in [-0.05, 0) is 24.3 Å². The molecule has 0 aromatic carbocycles. The van der Waals surface area contributed by atoms with Gasteiger partial charge in [0.15, 0.2) is 0 Å². The van der Waals surface area contributed by atoms with E-state index in [2.05, 4.69) is 15.0 Å². The summed E-state index contributed by atoms with van der Waals surface area (Å²) in [5.41, 5.74) is 2.60. The molecular formula is C13H10ClN3O2. The SMILES string of the molecule is COc1ccc2[nH]c(-c3nc(Cl)ccc3O)cc2n1. The fourth-order valence-corrected chi connectivity index (χ4v) is 2.00. The minimum absolute atomic E-state index is 0.0583. The van der Waals surface area contributed by atoms with E-state index in [0.29, 0.717) is 22.4 Å². The van der Waals surface area contributed by atoms with Crippen molar-refractivity contribution >= 4 is 22.6 Å². The highest BCUT2D eigenvalue weighted by Crippen LogP contribution is 2.30. The van der Waals surface area contributed by atoms with Crippen molar-refractivity contribution in [2.24, 2.45) is 0 Å². The van der Waals surface area contributed by atoms with Gasteiger partial charge in [0.25, 0.3) is 0 Å². The number of aromatic amines is 1. The van der Waals surface area contributed by atoms with E-state index in [0.717, 1.165) is 11.0 Å². The summed E-state index contributed by atoms with van der Waals surface area (Å²) in [5, 5.41) is 10.1. The summed E-state index contributed by atoms with van der Waals surface area (Å²) in [6, 6.07) is 8.44. The van der Waals surface area contributed by atoms with Crippen LogP contribution in [0.1, 0.15) is 0 Å². The number of methoxy groups -OCH3 is 1. The molecule has 3 aromatic heterocycles. The summed E-state index contributed by atoms with van der Waals surface area (Å²) in [6.45, 7) is 0. The Morgan fingerprint density at radius 2 is 2.05 bits per heavy atom. The molecule has 3 aromatic rings. The summed E-state index contributed by atoms with van der Waals surface area (Å²) in [4.78, 5) is 11.5. The van der Waals surface area contributed by atoms with Crippen molar-refractivity contribution in [1.82, 2.24) is 15.0 Å². The summed E-state index contributed by atoms with van der Waals surface area (Å²) < 4.78 is 5.07. The summed E-state index contributed by atoms with van der Waals surface area (Å²) in [6.07, 6.45) is 0. The molecular weight excluding hydrogens is 266 g/mol. The lowest BCUT2D eigenvalue weighted by Gasteiger charge is -2.00. The van der Waals surface area contributed by atoms with Crippen molar-refractivity contribution in [2.75, 3.05) is 7.11 Å². The highest BCUT2D eigenvalue weighted by molar-refractivity contribution is 6.29. The third kappa shape index (κ3) is 2.08. The summed E-state index contributed by atoms with van der Waals surface area (Å²) >= 11 is 5.84. The van der Waals surface area contributed by atoms with Gasteiger partial charge in [0.2, 0.25) is 5.88 Å². The van der Waals surface area contributed by atoms with Gasteiger partial charge >= 0.3 is 0 Å². The van der Waals surface area contributed by atoms with Crippen LogP contribution >= 0.6 is 11.6 Å². The van der Waals surface area contributed by atoms with E-state index in [1.807, 2.05) is 6.07 Å². The Bertz CT molecular complexity index is 755. The number of ether oxygens (including phenoxy) is 1. The number of aromatic hydroxyl groups is 1. The van der Waals surface area contributed by atoms with Crippen LogP contribution < -0.4 is 4.74 Å². The Labute approximate surface area is 113 Å². The average Bonchev–Trinajstić information content (AvgIpc) is 2.83. The first-order valence-electron chi connectivity index (χ1n) is 5.57. The third-order valence-corrected chi connectivity index (χ3v) is 2.96. The monoisotopic (exact) mass is 275 g/mol. The van der Waals surface area contributed by atoms with Crippen LogP contribution in [-0.2, 0) is 0 Å². The Balaban J connectivity index is 2.17. The molecule has 2 N–H and O–H groups in total. The largest absolute Gasteiger partial charge is 0.506 e. The molecule has 19 heavy (non-hydrogen) atoms. The lowest BCUT2D eigenvalue weighted by atomic mass is 10.2. The number of nitrogens with one attached hydrogen (secondary N) is 1. The van der Waals surface area contributed by atoms with E-state index in [9.17, 15) is 5.11 Å². The van der Waals surface area contributed by atoms with Gasteiger partial charge in [-0.1, -0.05) is 11.6 Å². The first-order chi connectivity index (χ1) is 9.17. The molecule has 0 atom stereocenters. The Morgan fingerprint density at radius 1 is 1.21 bits per heavy atom. The molecule has 0 fully saturated rings. The zero-order valence-corrected chi connectivity index (χ0v) is 10.8. The molecule has 0 bridgehead atoms. The van der Waals surface area contributed by atoms with Crippen LogP contribution in [0.4, 0.5) is 0 Å². The van der Waals surface area contributed by atoms with Crippen LogP contribution in [0.2, 0.25) is 5.15 Å². The minimum atomic E-state index is 0.0583. The quantitative estimate of drug-likeness (QED) is 0.705. The van der Waals surface area contributed by atoms with Crippen LogP contribution in [0, 0.1) is 0 Å². The van der Waals surface area contributed by atoms with Crippen LogP contribution in [-0.4, -0.2) is 27.2 Å². The Morgan fingerprint density at radius 3 is 2.84 bits per heavy atom. The van der Waals surface area contributed by atoms with Crippen LogP contribution in [0.3, 0.4) is 0 Å². The zero-order chi connectivity index (χ0) is 13.4. The summed E-state index contributed by atoms with van der Waals surface area (Å²) in [5.74, 6) is 0.587. The molecule has 6 heteroatoms. The van der Waals surface area contributed by atoms with Crippen LogP contribution in [0.25, 0.3) is 22.4 Å². The lowest BCUT2D eigenvalue weighted by molar-refractivity contribution is 0.399. The van der Waals surface area contributed by atoms with Gasteiger partial charge in [-0.25, -0.2) is 9.97 Å². The van der Waals surface area contributed by atoms with Gasteiger partial charge in [-0.3, -0.25) is 0 Å². The predicted octanol–water partition coefficient (Wildman–Crippen LogP) is 2.99. The molecule has 3 rings (SSSR count). The number of nitrogens with zero attached hydrogens (tertiary/aromatic N) is 2. The molecule has 0 aliphatic rings. The number of H-pyrrole nitrogens is 1. The second-order valence-electron chi connectivity index (χ2n) is 3.97. The maximum absolute atomic E-state index is 9.83. The molecule has 0 unspecified atom stereocenters. The van der Waals surface area contributed by atoms with Crippen LogP contribution in [0.15, 0.2) is 30.3 Å². The van der Waals surface area contributed by atoms with Gasteiger partial charge in [-0.2, -0.15) is 0 Å². The van der Waals surface area contributed by atoms with E-state index in [4.69, 9.17) is 16.3 Å². The molecule has 5 nitrogen and oxygen atoms in total. The number of fused-ring (bicyclic) bond motifs is 1. The van der Waals surface area contributed by atoms with Crippen molar-refractivity contribution in [3.05, 3.63) is 35.5 Å². The molecule has 0 spiro atoms. The van der Waals surface area contributed by atoms with Gasteiger partial charge in [0.1, 0.15) is 16.6 Å². The maximum Gasteiger partial charge on any atom is 0.213 e. The Hall–Kier alpha value is -2.27. The number of aromatic nitrogens is 3.